The molecule has 5 aromatic heterocycles. The second-order valence-electron chi connectivity index (χ2n) is 34.8. The fourth-order valence-electron chi connectivity index (χ4n) is 18.6. The summed E-state index contributed by atoms with van der Waals surface area (Å²) in [6.07, 6.45) is 13.6. The van der Waals surface area contributed by atoms with Gasteiger partial charge in [-0.25, -0.2) is 59.1 Å². The summed E-state index contributed by atoms with van der Waals surface area (Å²) in [5, 5.41) is 3.87. The molecule has 18 rings (SSSR count). The van der Waals surface area contributed by atoms with Gasteiger partial charge in [0.25, 0.3) is 0 Å². The van der Waals surface area contributed by atoms with Gasteiger partial charge in [-0.3, -0.25) is 19.6 Å². The molecule has 1 N–H and O–H groups in total. The van der Waals surface area contributed by atoms with Crippen LogP contribution in [0.5, 0.6) is 23.0 Å². The largest absolute Gasteiger partial charge is 0.496 e. The first-order valence-electron chi connectivity index (χ1n) is 44.6. The third-order valence-electron chi connectivity index (χ3n) is 25.9. The molecule has 29 heteroatoms. The molecule has 4 fully saturated rings. The van der Waals surface area contributed by atoms with Crippen molar-refractivity contribution in [2.75, 3.05) is 173 Å². The van der Waals surface area contributed by atoms with Crippen LogP contribution in [0.1, 0.15) is 137 Å². The Bertz CT molecular complexity index is 5780. The molecule has 2 atom stereocenters. The molecule has 672 valence electrons. The number of anilines is 12. The van der Waals surface area contributed by atoms with Crippen LogP contribution in [0.4, 0.5) is 83.5 Å². The van der Waals surface area contributed by atoms with Crippen molar-refractivity contribution >= 4 is 98.9 Å². The zero-order chi connectivity index (χ0) is 90.4. The number of para-hydroxylation sites is 3. The second-order valence-corrected chi connectivity index (χ2v) is 35.3. The first-order valence-corrected chi connectivity index (χ1v) is 45.0. The predicted octanol–water partition coefficient (Wildman–Crippen LogP) is 18.1. The van der Waals surface area contributed by atoms with Gasteiger partial charge in [-0.15, -0.1) is 0 Å². The third-order valence-corrected chi connectivity index (χ3v) is 26.2. The molecule has 6 amide bonds. The minimum Gasteiger partial charge on any atom is -0.496 e. The van der Waals surface area contributed by atoms with Crippen LogP contribution < -0.4 is 63.5 Å². The molecule has 28 nitrogen and oxygen atoms in total. The van der Waals surface area contributed by atoms with E-state index in [9.17, 15) is 14.4 Å². The van der Waals surface area contributed by atoms with Crippen molar-refractivity contribution in [3.05, 3.63) is 248 Å². The predicted molar refractivity (Wildman–Crippen MR) is 510 cm³/mol. The van der Waals surface area contributed by atoms with Crippen molar-refractivity contribution in [3.63, 3.8) is 0 Å². The number of amides is 6. The molecular formula is C100H117ClN20O8. The van der Waals surface area contributed by atoms with Gasteiger partial charge in [0.2, 0.25) is 5.95 Å². The topological polar surface area (TPSA) is 248 Å². The summed E-state index contributed by atoms with van der Waals surface area (Å²) >= 11 is 6.67. The second kappa shape index (κ2) is 39.6. The lowest BCUT2D eigenvalue weighted by molar-refractivity contribution is 0.0854. The van der Waals surface area contributed by atoms with E-state index in [1.807, 2.05) is 91.2 Å². The van der Waals surface area contributed by atoms with E-state index in [-0.39, 0.29) is 42.1 Å². The first-order chi connectivity index (χ1) is 62.4. The number of piperazine rings is 2. The molecule has 7 aliphatic rings. The van der Waals surface area contributed by atoms with Crippen molar-refractivity contribution in [2.45, 2.75) is 125 Å². The molecule has 11 aromatic rings. The van der Waals surface area contributed by atoms with Crippen molar-refractivity contribution in [1.82, 2.24) is 54.6 Å². The number of hydrogen-bond acceptors (Lipinski definition) is 22. The Morgan fingerprint density at radius 3 is 1.47 bits per heavy atom. The number of carbonyl (C=O) groups is 3. The van der Waals surface area contributed by atoms with Gasteiger partial charge in [0.05, 0.1) is 81.5 Å². The van der Waals surface area contributed by atoms with Gasteiger partial charge in [0.15, 0.2) is 11.6 Å². The number of halogens is 1. The van der Waals surface area contributed by atoms with Gasteiger partial charge in [0, 0.05) is 160 Å². The number of hydrogen-bond donors (Lipinski definition) is 1. The van der Waals surface area contributed by atoms with Crippen LogP contribution in [0, 0.1) is 40.5 Å². The summed E-state index contributed by atoms with van der Waals surface area (Å²) in [6, 6.07) is 45.1. The van der Waals surface area contributed by atoms with Gasteiger partial charge in [-0.05, 0) is 201 Å². The van der Waals surface area contributed by atoms with Gasteiger partial charge in [0.1, 0.15) is 52.1 Å². The maximum atomic E-state index is 14.6. The molecule has 6 aromatic carbocycles. The number of ether oxygens (including phenoxy) is 5. The Morgan fingerprint density at radius 2 is 0.961 bits per heavy atom. The van der Waals surface area contributed by atoms with Crippen LogP contribution >= 0.6 is 11.6 Å². The molecule has 0 radical (unpaired) electrons. The molecule has 0 saturated carbocycles. The van der Waals surface area contributed by atoms with Crippen molar-refractivity contribution < 1.29 is 38.1 Å². The van der Waals surface area contributed by atoms with E-state index in [0.717, 1.165) is 174 Å². The average molecular weight is 1760 g/mol. The molecule has 0 bridgehead atoms. The van der Waals surface area contributed by atoms with E-state index in [1.54, 1.807) is 87.2 Å². The number of methoxy groups -OCH3 is 4. The van der Waals surface area contributed by atoms with E-state index in [0.29, 0.717) is 102 Å². The van der Waals surface area contributed by atoms with Gasteiger partial charge in [-0.2, -0.15) is 4.98 Å². The number of aromatic nitrogens is 8. The van der Waals surface area contributed by atoms with Crippen molar-refractivity contribution in [1.29, 1.82) is 0 Å². The smallest absolute Gasteiger partial charge is 0.336 e. The number of nitrogens with one attached hydrogen (secondary N) is 1. The molecule has 7 aliphatic heterocycles. The Labute approximate surface area is 761 Å². The molecule has 0 aliphatic carbocycles. The molecule has 4 saturated heterocycles. The highest BCUT2D eigenvalue weighted by atomic mass is 35.5. The summed E-state index contributed by atoms with van der Waals surface area (Å²) in [7, 11) is 13.1. The quantitative estimate of drug-likeness (QED) is 0.0744. The van der Waals surface area contributed by atoms with Crippen LogP contribution in [0.25, 0.3) is 0 Å². The molecule has 0 spiro atoms. The standard InChI is InChI=1S/C35H41N7O2.C33H36ClN7O3.C32H40N6O3/c1-22(2)31-29-21-37-34(38-27-12-10-25(11-13-27)26-16-18-40(5)19-17-26)39-33(29)41(30-15-14-28(44-6)20-36-30)35(43)42(31)32-23(3)8-7-9-24(32)4;1-21-7-6-8-27(34)31(21)40-22(2)26-20-35-29(37-32(26)41(33(40)42)30-12-11-25(43-4)19-36-30)17-23-9-10-24(18-28(23)44-5)39-15-13-38(3)14-16-39;1-22-6-5-7-23(2)30(22)37-21-25-20-33-29(34-31(25)38(32(37)39)26-10-16-41-17-11-26)18-24-8-9-27(19-28(24)40-4)36-14-12-35(3)13-15-36/h7-15,20-22,26,31H,16-19H2,1-6H3,(H,37,38,39);6-12,18-20,22H,13-17H2,1-5H3;5-9,19-20,26H,10-18,21H2,1-4H3. The lowest BCUT2D eigenvalue weighted by Gasteiger charge is -2.44. The maximum absolute atomic E-state index is 14.6. The van der Waals surface area contributed by atoms with Crippen LogP contribution in [-0.2, 0) is 24.1 Å². The maximum Gasteiger partial charge on any atom is 0.336 e. The highest BCUT2D eigenvalue weighted by Crippen LogP contribution is 2.49. The number of piperidine rings is 1. The summed E-state index contributed by atoms with van der Waals surface area (Å²) in [5.74, 6) is 7.76. The zero-order valence-electron chi connectivity index (χ0n) is 76.6. The summed E-state index contributed by atoms with van der Waals surface area (Å²) in [4.78, 5) is 104. The normalized spacial score (nSPS) is 17.7. The molecule has 129 heavy (non-hydrogen) atoms. The minimum atomic E-state index is -0.378. The van der Waals surface area contributed by atoms with E-state index in [1.165, 1.54) is 29.0 Å². The van der Waals surface area contributed by atoms with Gasteiger partial charge < -0.3 is 53.5 Å². The number of likely N-dealkylation sites (N-methyl/N-ethyl adjacent to an activating group) is 2. The lowest BCUT2D eigenvalue weighted by atomic mass is 9.89. The number of rotatable bonds is 20. The zero-order valence-corrected chi connectivity index (χ0v) is 77.4. The van der Waals surface area contributed by atoms with Crippen LogP contribution in [0.15, 0.2) is 171 Å². The van der Waals surface area contributed by atoms with E-state index in [4.69, 9.17) is 65.2 Å². The summed E-state index contributed by atoms with van der Waals surface area (Å²) in [5.41, 5.74) is 16.8. The van der Waals surface area contributed by atoms with Crippen molar-refractivity contribution in [3.8, 4) is 23.0 Å². The number of likely N-dealkylation sites (tertiary alicyclic amines) is 1. The number of nitrogens with zero attached hydrogens (tertiary/aromatic N) is 19. The Kier molecular flexibility index (Phi) is 27.5. The Morgan fingerprint density at radius 1 is 0.473 bits per heavy atom. The average Bonchev–Trinajstić information content (AvgIpc) is 0.713. The highest BCUT2D eigenvalue weighted by Gasteiger charge is 2.46. The fourth-order valence-corrected chi connectivity index (χ4v) is 18.9. The number of benzene rings is 6. The Balaban J connectivity index is 0.000000142. The van der Waals surface area contributed by atoms with Crippen molar-refractivity contribution in [2.24, 2.45) is 5.92 Å². The van der Waals surface area contributed by atoms with E-state index in [2.05, 4.69) is 161 Å². The van der Waals surface area contributed by atoms with Gasteiger partial charge >= 0.3 is 18.1 Å². The summed E-state index contributed by atoms with van der Waals surface area (Å²) < 4.78 is 27.9. The third kappa shape index (κ3) is 19.1. The minimum absolute atomic E-state index is 0.0273. The highest BCUT2D eigenvalue weighted by molar-refractivity contribution is 6.34. The van der Waals surface area contributed by atoms with Crippen LogP contribution in [0.2, 0.25) is 5.02 Å². The SMILES string of the molecule is COc1cc(N2CCN(C)CC2)ccc1Cc1ncc2c(n1)N(C1CCOCC1)C(=O)N(c1c(C)cccc1C)C2.COc1ccc(N2C(=O)N(c3c(C)cccc3C)C(C(C)C)c3cnc(Nc4ccc(C5CCN(C)CC5)cc4)nc32)nc1.COc1ccc(N2C(=O)N(c3c(C)cccc3Cl)C(C)c3cnc(Cc4ccc(N5CCN(C)CC5)cc4OC)nc32)nc1. The molecule has 2 unspecified atom stereocenters. The van der Waals surface area contributed by atoms with E-state index < -0.39 is 0 Å². The first kappa shape index (κ1) is 89.8. The molecular weight excluding hydrogens is 1640 g/mol. The van der Waals surface area contributed by atoms with Gasteiger partial charge in [-0.1, -0.05) is 98.2 Å². The molecule has 12 heterocycles. The lowest BCUT2D eigenvalue weighted by Crippen LogP contribution is -2.54. The number of pyridine rings is 2. The summed E-state index contributed by atoms with van der Waals surface area (Å²) in [6.45, 7) is 28.4. The van der Waals surface area contributed by atoms with Crippen LogP contribution in [-0.4, -0.2) is 207 Å². The number of urea groups is 3. The van der Waals surface area contributed by atoms with E-state index >= 15 is 0 Å². The van der Waals surface area contributed by atoms with Crippen LogP contribution in [0.3, 0.4) is 0 Å². The number of aryl methyl sites for hydroxylation is 5. The number of fused-ring (bicyclic) bond motifs is 3. The Hall–Kier alpha value is -12.6. The monoisotopic (exact) mass is 1760 g/mol. The fraction of sp³-hybridized carbons (Fsp3) is 0.390. The number of carbonyl (C=O) groups excluding carboxylic acids is 3.